The van der Waals surface area contributed by atoms with Crippen LogP contribution in [0.1, 0.15) is 13.8 Å². The number of aliphatic hydroxyl groups excluding tert-OH is 1. The van der Waals surface area contributed by atoms with E-state index in [1.54, 1.807) is 7.11 Å². The third-order valence-corrected chi connectivity index (χ3v) is 1.91. The monoisotopic (exact) mass is 146 g/mol. The minimum atomic E-state index is -0.750. The van der Waals surface area contributed by atoms with E-state index in [1.807, 2.05) is 13.8 Å². The number of rotatable bonds is 1. The Bertz CT molecular complexity index is 122. The van der Waals surface area contributed by atoms with Crippen molar-refractivity contribution in [2.45, 2.75) is 26.2 Å². The average Bonchev–Trinajstić information content (AvgIpc) is 2.07. The van der Waals surface area contributed by atoms with Gasteiger partial charge in [0.15, 0.2) is 6.29 Å². The molecule has 0 aliphatic carbocycles. The van der Waals surface area contributed by atoms with E-state index in [1.165, 1.54) is 0 Å². The quantitative estimate of drug-likeness (QED) is 0.581. The second-order valence-corrected chi connectivity index (χ2v) is 3.35. The fourth-order valence-electron chi connectivity index (χ4n) is 1.29. The summed E-state index contributed by atoms with van der Waals surface area (Å²) in [7, 11) is 1.59. The minimum Gasteiger partial charge on any atom is -0.376 e. The molecule has 1 aliphatic heterocycles. The van der Waals surface area contributed by atoms with E-state index >= 15 is 0 Å². The van der Waals surface area contributed by atoms with Gasteiger partial charge in [0.2, 0.25) is 0 Å². The summed E-state index contributed by atoms with van der Waals surface area (Å²) in [4.78, 5) is 0. The first-order valence-electron chi connectivity index (χ1n) is 3.40. The molecule has 0 saturated carbocycles. The van der Waals surface area contributed by atoms with E-state index in [-0.39, 0.29) is 11.5 Å². The summed E-state index contributed by atoms with van der Waals surface area (Å²) < 4.78 is 10.1. The molecule has 1 fully saturated rings. The maximum Gasteiger partial charge on any atom is 0.181 e. The molecule has 1 rings (SSSR count). The highest BCUT2D eigenvalue weighted by Gasteiger charge is 2.42. The minimum absolute atomic E-state index is 0.0613. The highest BCUT2D eigenvalue weighted by molar-refractivity contribution is 4.86. The summed E-state index contributed by atoms with van der Waals surface area (Å²) in [6, 6.07) is 0. The van der Waals surface area contributed by atoms with Crippen LogP contribution in [0.2, 0.25) is 0 Å². The Labute approximate surface area is 60.9 Å². The molecule has 1 aliphatic rings. The Morgan fingerprint density at radius 3 is 2.40 bits per heavy atom. The molecule has 0 aromatic rings. The van der Waals surface area contributed by atoms with Gasteiger partial charge < -0.3 is 14.6 Å². The van der Waals surface area contributed by atoms with E-state index < -0.39 is 6.29 Å². The Kier molecular flexibility index (Phi) is 1.99. The van der Waals surface area contributed by atoms with Crippen LogP contribution >= 0.6 is 0 Å². The molecular weight excluding hydrogens is 132 g/mol. The van der Waals surface area contributed by atoms with E-state index in [0.717, 1.165) is 0 Å². The van der Waals surface area contributed by atoms with E-state index in [4.69, 9.17) is 9.47 Å². The van der Waals surface area contributed by atoms with Gasteiger partial charge in [0.1, 0.15) is 6.10 Å². The predicted octanol–water partition coefficient (Wildman–Crippen LogP) is 0.376. The smallest absolute Gasteiger partial charge is 0.181 e. The summed E-state index contributed by atoms with van der Waals surface area (Å²) >= 11 is 0. The van der Waals surface area contributed by atoms with Gasteiger partial charge in [-0.25, -0.2) is 0 Å². The lowest BCUT2D eigenvalue weighted by Gasteiger charge is -2.23. The van der Waals surface area contributed by atoms with Gasteiger partial charge in [-0.3, -0.25) is 0 Å². The van der Waals surface area contributed by atoms with Crippen LogP contribution in [0.3, 0.4) is 0 Å². The lowest BCUT2D eigenvalue weighted by atomic mass is 9.89. The van der Waals surface area contributed by atoms with Gasteiger partial charge >= 0.3 is 0 Å². The SMILES string of the molecule is CO[C@H]1C(O)OCC1(C)C. The molecule has 2 atom stereocenters. The number of hydrogen-bond donors (Lipinski definition) is 1. The van der Waals surface area contributed by atoms with Crippen molar-refractivity contribution < 1.29 is 14.6 Å². The number of aliphatic hydroxyl groups is 1. The highest BCUT2D eigenvalue weighted by atomic mass is 16.6. The van der Waals surface area contributed by atoms with E-state index in [0.29, 0.717) is 6.61 Å². The van der Waals surface area contributed by atoms with Gasteiger partial charge in [-0.1, -0.05) is 13.8 Å². The van der Waals surface area contributed by atoms with Crippen LogP contribution < -0.4 is 0 Å². The summed E-state index contributed by atoms with van der Waals surface area (Å²) in [5, 5.41) is 9.18. The van der Waals surface area contributed by atoms with Crippen molar-refractivity contribution in [2.24, 2.45) is 5.41 Å². The van der Waals surface area contributed by atoms with Gasteiger partial charge in [0.05, 0.1) is 6.61 Å². The summed E-state index contributed by atoms with van der Waals surface area (Å²) in [6.45, 7) is 4.58. The van der Waals surface area contributed by atoms with Gasteiger partial charge in [-0.2, -0.15) is 0 Å². The zero-order valence-corrected chi connectivity index (χ0v) is 6.63. The zero-order chi connectivity index (χ0) is 7.78. The average molecular weight is 146 g/mol. The molecule has 60 valence electrons. The molecule has 0 aromatic carbocycles. The van der Waals surface area contributed by atoms with Crippen molar-refractivity contribution in [3.8, 4) is 0 Å². The molecule has 10 heavy (non-hydrogen) atoms. The van der Waals surface area contributed by atoms with Crippen molar-refractivity contribution in [3.05, 3.63) is 0 Å². The largest absolute Gasteiger partial charge is 0.376 e. The van der Waals surface area contributed by atoms with Crippen molar-refractivity contribution in [1.29, 1.82) is 0 Å². The first kappa shape index (κ1) is 7.98. The van der Waals surface area contributed by atoms with Gasteiger partial charge in [0.25, 0.3) is 0 Å². The molecule has 0 aromatic heterocycles. The van der Waals surface area contributed by atoms with Crippen LogP contribution in [-0.2, 0) is 9.47 Å². The van der Waals surface area contributed by atoms with Crippen molar-refractivity contribution in [1.82, 2.24) is 0 Å². The first-order valence-corrected chi connectivity index (χ1v) is 3.40. The summed E-state index contributed by atoms with van der Waals surface area (Å²) in [6.07, 6.45) is -0.938. The predicted molar refractivity (Wildman–Crippen MR) is 36.5 cm³/mol. The summed E-state index contributed by atoms with van der Waals surface area (Å²) in [5.74, 6) is 0. The first-order chi connectivity index (χ1) is 4.58. The molecule has 3 nitrogen and oxygen atoms in total. The molecule has 0 amide bonds. The van der Waals surface area contributed by atoms with Crippen molar-refractivity contribution >= 4 is 0 Å². The van der Waals surface area contributed by atoms with Crippen LogP contribution in [-0.4, -0.2) is 31.2 Å². The van der Waals surface area contributed by atoms with Gasteiger partial charge in [-0.05, 0) is 0 Å². The Morgan fingerprint density at radius 1 is 1.60 bits per heavy atom. The summed E-state index contributed by atoms with van der Waals surface area (Å²) in [5.41, 5.74) is -0.0613. The Balaban J connectivity index is 2.63. The second-order valence-electron chi connectivity index (χ2n) is 3.35. The van der Waals surface area contributed by atoms with Crippen LogP contribution in [0, 0.1) is 5.41 Å². The fourth-order valence-corrected chi connectivity index (χ4v) is 1.29. The topological polar surface area (TPSA) is 38.7 Å². The second kappa shape index (κ2) is 2.49. The fraction of sp³-hybridized carbons (Fsp3) is 1.00. The van der Waals surface area contributed by atoms with Crippen LogP contribution in [0.4, 0.5) is 0 Å². The van der Waals surface area contributed by atoms with E-state index in [2.05, 4.69) is 0 Å². The Morgan fingerprint density at radius 2 is 2.20 bits per heavy atom. The molecule has 0 bridgehead atoms. The number of ether oxygens (including phenoxy) is 2. The lowest BCUT2D eigenvalue weighted by molar-refractivity contribution is -0.123. The molecule has 1 saturated heterocycles. The highest BCUT2D eigenvalue weighted by Crippen LogP contribution is 2.32. The maximum absolute atomic E-state index is 9.18. The van der Waals surface area contributed by atoms with Gasteiger partial charge in [0, 0.05) is 12.5 Å². The third-order valence-electron chi connectivity index (χ3n) is 1.91. The normalized spacial score (nSPS) is 38.4. The standard InChI is InChI=1S/C7H14O3/c1-7(2)4-10-6(8)5(7)9-3/h5-6,8H,4H2,1-3H3/t5-,6?/m0/s1. The molecular formula is C7H14O3. The van der Waals surface area contributed by atoms with Crippen molar-refractivity contribution in [3.63, 3.8) is 0 Å². The van der Waals surface area contributed by atoms with Crippen LogP contribution in [0.15, 0.2) is 0 Å². The van der Waals surface area contributed by atoms with Gasteiger partial charge in [-0.15, -0.1) is 0 Å². The lowest BCUT2D eigenvalue weighted by Crippen LogP contribution is -2.34. The number of hydrogen-bond acceptors (Lipinski definition) is 3. The molecule has 1 heterocycles. The molecule has 0 spiro atoms. The van der Waals surface area contributed by atoms with Crippen molar-refractivity contribution in [2.75, 3.05) is 13.7 Å². The number of methoxy groups -OCH3 is 1. The van der Waals surface area contributed by atoms with E-state index in [9.17, 15) is 5.11 Å². The zero-order valence-electron chi connectivity index (χ0n) is 6.63. The van der Waals surface area contributed by atoms with Crippen LogP contribution in [0.5, 0.6) is 0 Å². The molecule has 1 N–H and O–H groups in total. The maximum atomic E-state index is 9.18. The molecule has 1 unspecified atom stereocenters. The molecule has 3 heteroatoms. The third kappa shape index (κ3) is 1.17. The molecule has 0 radical (unpaired) electrons. The van der Waals surface area contributed by atoms with Crippen LogP contribution in [0.25, 0.3) is 0 Å². The Hall–Kier alpha value is -0.120.